The van der Waals surface area contributed by atoms with E-state index in [2.05, 4.69) is 4.72 Å². The number of hydrogen-bond acceptors (Lipinski definition) is 4. The molecule has 0 spiro atoms. The standard InChI is InChI=1S/C14H21NO4S/c1-10-6-8-12(9-7-10)20(17,18)15-11(2)13(16)19-14(3,4)5/h6-9,15-16H,1-5H3/b13-11+. The van der Waals surface area contributed by atoms with Crippen LogP contribution in [0.4, 0.5) is 0 Å². The molecule has 20 heavy (non-hydrogen) atoms. The summed E-state index contributed by atoms with van der Waals surface area (Å²) in [6, 6.07) is 6.43. The molecule has 0 heterocycles. The van der Waals surface area contributed by atoms with E-state index < -0.39 is 21.6 Å². The fourth-order valence-corrected chi connectivity index (χ4v) is 2.49. The number of nitrogens with one attached hydrogen (secondary N) is 1. The van der Waals surface area contributed by atoms with Crippen molar-refractivity contribution in [2.24, 2.45) is 0 Å². The number of aliphatic hydroxyl groups is 1. The average molecular weight is 299 g/mol. The van der Waals surface area contributed by atoms with E-state index in [0.717, 1.165) is 5.56 Å². The zero-order chi connectivity index (χ0) is 15.6. The van der Waals surface area contributed by atoms with Crippen molar-refractivity contribution in [3.05, 3.63) is 41.5 Å². The quantitative estimate of drug-likeness (QED) is 0.838. The van der Waals surface area contributed by atoms with Crippen LogP contribution in [0.3, 0.4) is 0 Å². The Hall–Kier alpha value is -1.69. The van der Waals surface area contributed by atoms with E-state index in [1.54, 1.807) is 32.9 Å². The molecule has 0 aliphatic rings. The Morgan fingerprint density at radius 3 is 2.15 bits per heavy atom. The first-order valence-corrected chi connectivity index (χ1v) is 7.68. The monoisotopic (exact) mass is 299 g/mol. The predicted octanol–water partition coefficient (Wildman–Crippen LogP) is 2.84. The van der Waals surface area contributed by atoms with Crippen molar-refractivity contribution in [2.45, 2.75) is 45.1 Å². The summed E-state index contributed by atoms with van der Waals surface area (Å²) in [7, 11) is -3.72. The summed E-state index contributed by atoms with van der Waals surface area (Å²) in [6.07, 6.45) is 0. The molecule has 1 aromatic rings. The fraction of sp³-hybridized carbons (Fsp3) is 0.429. The highest BCUT2D eigenvalue weighted by molar-refractivity contribution is 7.89. The van der Waals surface area contributed by atoms with Crippen molar-refractivity contribution in [3.63, 3.8) is 0 Å². The second-order valence-corrected chi connectivity index (χ2v) is 7.25. The Labute approximate surface area is 120 Å². The van der Waals surface area contributed by atoms with E-state index in [1.165, 1.54) is 19.1 Å². The van der Waals surface area contributed by atoms with Gasteiger partial charge in [-0.25, -0.2) is 8.42 Å². The number of hydrogen-bond donors (Lipinski definition) is 2. The summed E-state index contributed by atoms with van der Waals surface area (Å²) in [5.41, 5.74) is 0.399. The van der Waals surface area contributed by atoms with Gasteiger partial charge >= 0.3 is 0 Å². The first-order valence-electron chi connectivity index (χ1n) is 6.19. The van der Waals surface area contributed by atoms with Gasteiger partial charge in [-0.1, -0.05) is 17.7 Å². The van der Waals surface area contributed by atoms with Gasteiger partial charge in [0.05, 0.1) is 4.90 Å². The Bertz CT molecular complexity index is 595. The number of rotatable bonds is 4. The molecule has 0 aliphatic carbocycles. The lowest BCUT2D eigenvalue weighted by Gasteiger charge is -2.21. The minimum absolute atomic E-state index is 0.0421. The van der Waals surface area contributed by atoms with E-state index in [4.69, 9.17) is 4.74 Å². The van der Waals surface area contributed by atoms with Crippen molar-refractivity contribution in [2.75, 3.05) is 0 Å². The van der Waals surface area contributed by atoms with Crippen LogP contribution in [0.1, 0.15) is 33.3 Å². The van der Waals surface area contributed by atoms with Crippen molar-refractivity contribution >= 4 is 10.0 Å². The third-order valence-corrected chi connectivity index (χ3v) is 3.81. The van der Waals surface area contributed by atoms with Gasteiger partial charge < -0.3 is 9.84 Å². The van der Waals surface area contributed by atoms with Crippen LogP contribution >= 0.6 is 0 Å². The second kappa shape index (κ2) is 5.75. The van der Waals surface area contributed by atoms with Gasteiger partial charge in [-0.3, -0.25) is 4.72 Å². The molecule has 6 heteroatoms. The zero-order valence-electron chi connectivity index (χ0n) is 12.4. The van der Waals surface area contributed by atoms with Crippen LogP contribution in [0, 0.1) is 6.92 Å². The highest BCUT2D eigenvalue weighted by atomic mass is 32.2. The molecular weight excluding hydrogens is 278 g/mol. The fourth-order valence-electron chi connectivity index (χ4n) is 1.39. The molecule has 0 amide bonds. The SMILES string of the molecule is C/C(NS(=O)(=O)c1ccc(C)cc1)=C(/O)OC(C)(C)C. The Balaban J connectivity index is 2.96. The maximum Gasteiger partial charge on any atom is 0.297 e. The summed E-state index contributed by atoms with van der Waals surface area (Å²) in [5.74, 6) is -0.437. The molecule has 0 fully saturated rings. The second-order valence-electron chi connectivity index (χ2n) is 5.56. The van der Waals surface area contributed by atoms with Crippen molar-refractivity contribution < 1.29 is 18.3 Å². The highest BCUT2D eigenvalue weighted by Gasteiger charge is 2.19. The molecule has 0 saturated carbocycles. The topological polar surface area (TPSA) is 75.6 Å². The van der Waals surface area contributed by atoms with Crippen LogP contribution < -0.4 is 4.72 Å². The molecule has 0 unspecified atom stereocenters. The molecule has 0 atom stereocenters. The Morgan fingerprint density at radius 1 is 1.20 bits per heavy atom. The van der Waals surface area contributed by atoms with Crippen LogP contribution in [0.2, 0.25) is 0 Å². The van der Waals surface area contributed by atoms with Gasteiger partial charge in [-0.05, 0) is 46.8 Å². The van der Waals surface area contributed by atoms with Crippen molar-refractivity contribution in [1.82, 2.24) is 4.72 Å². The van der Waals surface area contributed by atoms with E-state index in [1.807, 2.05) is 6.92 Å². The summed E-state index contributed by atoms with van der Waals surface area (Å²) < 4.78 is 31.7. The van der Waals surface area contributed by atoms with Crippen LogP contribution in [-0.2, 0) is 14.8 Å². The summed E-state index contributed by atoms with van der Waals surface area (Å²) >= 11 is 0. The lowest BCUT2D eigenvalue weighted by molar-refractivity contribution is -0.0178. The third-order valence-electron chi connectivity index (χ3n) is 2.34. The molecule has 0 radical (unpaired) electrons. The zero-order valence-corrected chi connectivity index (χ0v) is 13.2. The molecule has 1 aromatic carbocycles. The minimum atomic E-state index is -3.72. The molecule has 0 saturated heterocycles. The molecule has 0 aliphatic heterocycles. The summed E-state index contributed by atoms with van der Waals surface area (Å²) in [4.78, 5) is 0.131. The molecule has 1 rings (SSSR count). The molecule has 0 bridgehead atoms. The highest BCUT2D eigenvalue weighted by Crippen LogP contribution is 2.16. The predicted molar refractivity (Wildman–Crippen MR) is 77.7 cm³/mol. The van der Waals surface area contributed by atoms with Crippen molar-refractivity contribution in [3.8, 4) is 0 Å². The Kier molecular flexibility index (Phi) is 4.70. The lowest BCUT2D eigenvalue weighted by Crippen LogP contribution is -2.26. The van der Waals surface area contributed by atoms with Gasteiger partial charge in [-0.2, -0.15) is 0 Å². The minimum Gasteiger partial charge on any atom is -0.480 e. The largest absolute Gasteiger partial charge is 0.480 e. The lowest BCUT2D eigenvalue weighted by atomic mass is 10.2. The van der Waals surface area contributed by atoms with Gasteiger partial charge in [-0.15, -0.1) is 0 Å². The molecule has 5 nitrogen and oxygen atoms in total. The molecular formula is C14H21NO4S. The normalized spacial score (nSPS) is 13.7. The van der Waals surface area contributed by atoms with Crippen LogP contribution in [0.5, 0.6) is 0 Å². The number of aryl methyl sites for hydroxylation is 1. The van der Waals surface area contributed by atoms with E-state index in [-0.39, 0.29) is 10.6 Å². The van der Waals surface area contributed by atoms with Crippen LogP contribution in [0.25, 0.3) is 0 Å². The Morgan fingerprint density at radius 2 is 1.70 bits per heavy atom. The summed E-state index contributed by atoms with van der Waals surface area (Å²) in [5, 5.41) is 9.74. The van der Waals surface area contributed by atoms with Crippen LogP contribution in [0.15, 0.2) is 40.8 Å². The number of benzene rings is 1. The van der Waals surface area contributed by atoms with Gasteiger partial charge in [0.15, 0.2) is 0 Å². The maximum atomic E-state index is 12.1. The van der Waals surface area contributed by atoms with E-state index in [0.29, 0.717) is 0 Å². The first-order chi connectivity index (χ1) is 9.01. The van der Waals surface area contributed by atoms with Gasteiger partial charge in [0.1, 0.15) is 11.3 Å². The first kappa shape index (κ1) is 16.4. The molecule has 112 valence electrons. The molecule has 2 N–H and O–H groups in total. The van der Waals surface area contributed by atoms with Gasteiger partial charge in [0.25, 0.3) is 16.0 Å². The number of sulfonamides is 1. The van der Waals surface area contributed by atoms with E-state index >= 15 is 0 Å². The van der Waals surface area contributed by atoms with E-state index in [9.17, 15) is 13.5 Å². The average Bonchev–Trinajstić information content (AvgIpc) is 2.26. The van der Waals surface area contributed by atoms with Crippen LogP contribution in [-0.4, -0.2) is 19.1 Å². The van der Waals surface area contributed by atoms with Gasteiger partial charge in [0.2, 0.25) is 0 Å². The van der Waals surface area contributed by atoms with Gasteiger partial charge in [0, 0.05) is 0 Å². The smallest absolute Gasteiger partial charge is 0.297 e. The maximum absolute atomic E-state index is 12.1. The molecule has 0 aromatic heterocycles. The number of aliphatic hydroxyl groups excluding tert-OH is 1. The summed E-state index contributed by atoms with van der Waals surface area (Å²) in [6.45, 7) is 8.58. The third kappa shape index (κ3) is 4.77. The number of allylic oxidation sites excluding steroid dienone is 1. The van der Waals surface area contributed by atoms with Crippen molar-refractivity contribution in [1.29, 1.82) is 0 Å². The number of ether oxygens (including phenoxy) is 1.